The van der Waals surface area contributed by atoms with Gasteiger partial charge in [-0.3, -0.25) is 4.90 Å². The summed E-state index contributed by atoms with van der Waals surface area (Å²) in [7, 11) is 0. The monoisotopic (exact) mass is 323 g/mol. The Kier molecular flexibility index (Phi) is 5.91. The number of hydrogen-bond acceptors (Lipinski definition) is 3. The number of amides is 2. The number of nitrogens with zero attached hydrogens (tertiary/aromatic N) is 2. The first-order chi connectivity index (χ1) is 10.4. The molecule has 8 heteroatoms. The van der Waals surface area contributed by atoms with Gasteiger partial charge in [0.05, 0.1) is 6.54 Å². The van der Waals surface area contributed by atoms with E-state index in [1.54, 1.807) is 4.90 Å². The summed E-state index contributed by atoms with van der Waals surface area (Å²) >= 11 is 0. The second kappa shape index (κ2) is 7.50. The summed E-state index contributed by atoms with van der Waals surface area (Å²) in [4.78, 5) is 15.4. The van der Waals surface area contributed by atoms with Crippen LogP contribution in [0.3, 0.4) is 0 Å². The average molecular weight is 323 g/mol. The van der Waals surface area contributed by atoms with E-state index in [0.717, 1.165) is 19.3 Å². The summed E-state index contributed by atoms with van der Waals surface area (Å²) in [6.45, 7) is 0.358. The number of carbonyl (C=O) groups is 1. The molecule has 0 aromatic carbocycles. The Morgan fingerprint density at radius 2 is 2.00 bits per heavy atom. The molecule has 0 aromatic heterocycles. The van der Waals surface area contributed by atoms with Crippen molar-refractivity contribution in [2.45, 2.75) is 50.4 Å². The summed E-state index contributed by atoms with van der Waals surface area (Å²) in [6, 6.07) is -0.407. The lowest BCUT2D eigenvalue weighted by Crippen LogP contribution is -2.52. The molecule has 2 rings (SSSR count). The molecule has 2 aliphatic heterocycles. The third kappa shape index (κ3) is 5.01. The minimum absolute atomic E-state index is 0.0337. The van der Waals surface area contributed by atoms with Gasteiger partial charge in [-0.2, -0.15) is 13.2 Å². The molecule has 2 atom stereocenters. The van der Waals surface area contributed by atoms with Crippen LogP contribution >= 0.6 is 0 Å². The van der Waals surface area contributed by atoms with Crippen molar-refractivity contribution < 1.29 is 23.1 Å². The zero-order valence-electron chi connectivity index (χ0n) is 12.6. The van der Waals surface area contributed by atoms with E-state index < -0.39 is 12.7 Å². The highest BCUT2D eigenvalue weighted by Gasteiger charge is 2.35. The Balaban J connectivity index is 1.81. The molecule has 2 unspecified atom stereocenters. The van der Waals surface area contributed by atoms with Gasteiger partial charge in [-0.25, -0.2) is 4.79 Å². The highest BCUT2D eigenvalue weighted by Crippen LogP contribution is 2.22. The van der Waals surface area contributed by atoms with Crippen molar-refractivity contribution in [2.75, 3.05) is 32.8 Å². The molecule has 0 aliphatic carbocycles. The molecule has 0 spiro atoms. The molecule has 2 heterocycles. The molecule has 0 saturated carbocycles. The minimum Gasteiger partial charge on any atom is -0.396 e. The molecule has 2 N–H and O–H groups in total. The van der Waals surface area contributed by atoms with Crippen LogP contribution in [0.2, 0.25) is 0 Å². The molecule has 22 heavy (non-hydrogen) atoms. The first kappa shape index (κ1) is 17.3. The van der Waals surface area contributed by atoms with Gasteiger partial charge >= 0.3 is 12.2 Å². The number of nitrogens with one attached hydrogen (secondary N) is 1. The molecule has 128 valence electrons. The Morgan fingerprint density at radius 3 is 2.68 bits per heavy atom. The van der Waals surface area contributed by atoms with Crippen molar-refractivity contribution in [3.8, 4) is 0 Å². The minimum atomic E-state index is -4.20. The summed E-state index contributed by atoms with van der Waals surface area (Å²) < 4.78 is 37.1. The lowest BCUT2D eigenvalue weighted by Gasteiger charge is -2.36. The van der Waals surface area contributed by atoms with Crippen LogP contribution in [-0.4, -0.2) is 72.0 Å². The van der Waals surface area contributed by atoms with Crippen LogP contribution in [0.1, 0.15) is 32.1 Å². The summed E-state index contributed by atoms with van der Waals surface area (Å²) in [5.74, 6) is 0. The first-order valence-corrected chi connectivity index (χ1v) is 7.86. The average Bonchev–Trinajstić information content (AvgIpc) is 2.84. The summed E-state index contributed by atoms with van der Waals surface area (Å²) in [5.41, 5.74) is 0. The predicted molar refractivity (Wildman–Crippen MR) is 75.5 cm³/mol. The van der Waals surface area contributed by atoms with Crippen LogP contribution in [0.5, 0.6) is 0 Å². The van der Waals surface area contributed by atoms with Gasteiger partial charge in [0.25, 0.3) is 0 Å². The van der Waals surface area contributed by atoms with Crippen molar-refractivity contribution in [1.82, 2.24) is 15.1 Å². The molecular formula is C14H24F3N3O2. The second-order valence-corrected chi connectivity index (χ2v) is 6.14. The first-order valence-electron chi connectivity index (χ1n) is 7.86. The van der Waals surface area contributed by atoms with E-state index in [9.17, 15) is 18.0 Å². The number of rotatable bonds is 4. The van der Waals surface area contributed by atoms with Gasteiger partial charge in [-0.05, 0) is 32.1 Å². The molecule has 0 radical (unpaired) electrons. The third-order valence-electron chi connectivity index (χ3n) is 4.35. The summed E-state index contributed by atoms with van der Waals surface area (Å²) in [5, 5.41) is 11.9. The molecular weight excluding hydrogens is 299 g/mol. The van der Waals surface area contributed by atoms with Gasteiger partial charge in [-0.1, -0.05) is 0 Å². The quantitative estimate of drug-likeness (QED) is 0.826. The third-order valence-corrected chi connectivity index (χ3v) is 4.35. The second-order valence-electron chi connectivity index (χ2n) is 6.14. The fraction of sp³-hybridized carbons (Fsp3) is 0.929. The van der Waals surface area contributed by atoms with Crippen LogP contribution in [0, 0.1) is 0 Å². The highest BCUT2D eigenvalue weighted by molar-refractivity contribution is 5.75. The Bertz CT molecular complexity index is 377. The van der Waals surface area contributed by atoms with Gasteiger partial charge < -0.3 is 15.3 Å². The fourth-order valence-electron chi connectivity index (χ4n) is 3.32. The van der Waals surface area contributed by atoms with Crippen LogP contribution < -0.4 is 5.32 Å². The molecule has 2 saturated heterocycles. The van der Waals surface area contributed by atoms with Crippen LogP contribution in [-0.2, 0) is 0 Å². The number of carbonyl (C=O) groups excluding carboxylic acids is 1. The van der Waals surface area contributed by atoms with Crippen molar-refractivity contribution in [3.05, 3.63) is 0 Å². The Morgan fingerprint density at radius 1 is 1.23 bits per heavy atom. The van der Waals surface area contributed by atoms with E-state index in [-0.39, 0.29) is 31.3 Å². The number of aliphatic hydroxyl groups is 1. The van der Waals surface area contributed by atoms with E-state index >= 15 is 0 Å². The van der Waals surface area contributed by atoms with Gasteiger partial charge in [0.2, 0.25) is 0 Å². The van der Waals surface area contributed by atoms with E-state index in [1.165, 1.54) is 4.90 Å². The molecule has 0 bridgehead atoms. The van der Waals surface area contributed by atoms with Gasteiger partial charge in [-0.15, -0.1) is 0 Å². The zero-order chi connectivity index (χ0) is 16.2. The van der Waals surface area contributed by atoms with Crippen molar-refractivity contribution >= 4 is 6.03 Å². The van der Waals surface area contributed by atoms with Gasteiger partial charge in [0.1, 0.15) is 0 Å². The highest BCUT2D eigenvalue weighted by atomic mass is 19.4. The number of halogens is 3. The Hall–Kier alpha value is -1.02. The van der Waals surface area contributed by atoms with Crippen LogP contribution in [0.15, 0.2) is 0 Å². The maximum Gasteiger partial charge on any atom is 0.401 e. The molecule has 2 amide bonds. The smallest absolute Gasteiger partial charge is 0.396 e. The maximum atomic E-state index is 12.4. The molecule has 2 aliphatic rings. The SMILES string of the molecule is O=C(NC1CCN(CC(F)(F)F)C1)N1CCCCC1CCO. The standard InChI is InChI=1S/C14H24F3N3O2/c15-14(16,17)10-19-7-4-11(9-19)18-13(22)20-6-2-1-3-12(20)5-8-21/h11-12,21H,1-10H2,(H,18,22). The van der Waals surface area contributed by atoms with Crippen molar-refractivity contribution in [3.63, 3.8) is 0 Å². The number of hydrogen-bond donors (Lipinski definition) is 2. The topological polar surface area (TPSA) is 55.8 Å². The summed E-state index contributed by atoms with van der Waals surface area (Å²) in [6.07, 6.45) is -0.257. The predicted octanol–water partition coefficient (Wildman–Crippen LogP) is 1.57. The van der Waals surface area contributed by atoms with E-state index in [2.05, 4.69) is 5.32 Å². The van der Waals surface area contributed by atoms with E-state index in [1.807, 2.05) is 0 Å². The van der Waals surface area contributed by atoms with Gasteiger partial charge in [0, 0.05) is 38.3 Å². The molecule has 5 nitrogen and oxygen atoms in total. The zero-order valence-corrected chi connectivity index (χ0v) is 12.6. The number of likely N-dealkylation sites (tertiary alicyclic amines) is 2. The molecule has 0 aromatic rings. The normalized spacial score (nSPS) is 27.2. The number of urea groups is 1. The lowest BCUT2D eigenvalue weighted by atomic mass is 10.00. The van der Waals surface area contributed by atoms with E-state index in [4.69, 9.17) is 5.11 Å². The number of piperidine rings is 1. The van der Waals surface area contributed by atoms with Crippen molar-refractivity contribution in [1.29, 1.82) is 0 Å². The van der Waals surface area contributed by atoms with Gasteiger partial charge in [0.15, 0.2) is 0 Å². The van der Waals surface area contributed by atoms with E-state index in [0.29, 0.717) is 25.9 Å². The largest absolute Gasteiger partial charge is 0.401 e. The van der Waals surface area contributed by atoms with Crippen LogP contribution in [0.4, 0.5) is 18.0 Å². The fourth-order valence-corrected chi connectivity index (χ4v) is 3.32. The van der Waals surface area contributed by atoms with Crippen LogP contribution in [0.25, 0.3) is 0 Å². The van der Waals surface area contributed by atoms with Crippen molar-refractivity contribution in [2.24, 2.45) is 0 Å². The Labute approximate surface area is 128 Å². The number of aliphatic hydroxyl groups excluding tert-OH is 1. The molecule has 2 fully saturated rings. The maximum absolute atomic E-state index is 12.4. The number of alkyl halides is 3. The lowest BCUT2D eigenvalue weighted by molar-refractivity contribution is -0.143.